The first-order valence-electron chi connectivity index (χ1n) is 9.47. The third-order valence-corrected chi connectivity index (χ3v) is 6.28. The third kappa shape index (κ3) is 2.60. The van der Waals surface area contributed by atoms with Crippen LogP contribution in [0.2, 0.25) is 5.02 Å². The van der Waals surface area contributed by atoms with E-state index < -0.39 is 30.1 Å². The predicted molar refractivity (Wildman–Crippen MR) is 106 cm³/mol. The zero-order valence-corrected chi connectivity index (χ0v) is 16.5. The maximum atomic E-state index is 10.9. The highest BCUT2D eigenvalue weighted by atomic mass is 35.5. The summed E-state index contributed by atoms with van der Waals surface area (Å²) in [7, 11) is 0. The molecule has 2 aliphatic rings. The zero-order chi connectivity index (χ0) is 20.3. The van der Waals surface area contributed by atoms with Gasteiger partial charge in [-0.05, 0) is 35.7 Å². The Labute approximate surface area is 171 Å². The van der Waals surface area contributed by atoms with E-state index in [1.54, 1.807) is 22.9 Å². The SMILES string of the molecule is CC[C@@]1([C@H]2O[C@@H](n3ccc4c(N)ncnc43)[C@H](O)[C@@H]2O)OCc2cc(Cl)ccc21. The van der Waals surface area contributed by atoms with Crippen LogP contribution >= 0.6 is 11.6 Å². The average Bonchev–Trinajstić information content (AvgIpc) is 3.38. The first kappa shape index (κ1) is 18.8. The molecule has 1 aromatic carbocycles. The van der Waals surface area contributed by atoms with Gasteiger partial charge in [-0.1, -0.05) is 24.6 Å². The number of anilines is 1. The van der Waals surface area contributed by atoms with E-state index in [-0.39, 0.29) is 0 Å². The second-order valence-electron chi connectivity index (χ2n) is 7.48. The number of aromatic nitrogens is 3. The van der Waals surface area contributed by atoms with Crippen LogP contribution in [0.4, 0.5) is 5.82 Å². The normalized spacial score (nSPS) is 31.4. The lowest BCUT2D eigenvalue weighted by Crippen LogP contribution is -2.46. The minimum atomic E-state index is -1.17. The summed E-state index contributed by atoms with van der Waals surface area (Å²) in [6, 6.07) is 7.33. The fourth-order valence-corrected chi connectivity index (χ4v) is 4.77. The smallest absolute Gasteiger partial charge is 0.164 e. The van der Waals surface area contributed by atoms with E-state index in [9.17, 15) is 10.2 Å². The molecule has 4 N–H and O–H groups in total. The number of nitrogens with zero attached hydrogens (tertiary/aromatic N) is 3. The van der Waals surface area contributed by atoms with Gasteiger partial charge in [0.15, 0.2) is 6.23 Å². The van der Waals surface area contributed by atoms with Crippen molar-refractivity contribution in [3.63, 3.8) is 0 Å². The molecule has 29 heavy (non-hydrogen) atoms. The molecule has 0 aliphatic carbocycles. The molecule has 8 nitrogen and oxygen atoms in total. The Bertz CT molecular complexity index is 1090. The Hall–Kier alpha value is -2.23. The summed E-state index contributed by atoms with van der Waals surface area (Å²) in [4.78, 5) is 8.25. The molecule has 0 amide bonds. The molecule has 1 saturated heterocycles. The number of halogens is 1. The molecule has 2 aromatic heterocycles. The van der Waals surface area contributed by atoms with Crippen molar-refractivity contribution in [3.05, 3.63) is 52.9 Å². The van der Waals surface area contributed by atoms with Gasteiger partial charge in [-0.15, -0.1) is 0 Å². The van der Waals surface area contributed by atoms with Crippen molar-refractivity contribution in [1.29, 1.82) is 0 Å². The van der Waals surface area contributed by atoms with Crippen LogP contribution in [0.15, 0.2) is 36.8 Å². The highest BCUT2D eigenvalue weighted by Gasteiger charge is 2.57. The Morgan fingerprint density at radius 2 is 2.10 bits per heavy atom. The van der Waals surface area contributed by atoms with Gasteiger partial charge in [-0.2, -0.15) is 0 Å². The molecular formula is C20H21ClN4O4. The van der Waals surface area contributed by atoms with E-state index in [4.69, 9.17) is 26.8 Å². The maximum Gasteiger partial charge on any atom is 0.164 e. The van der Waals surface area contributed by atoms with Crippen LogP contribution in [-0.4, -0.2) is 43.1 Å². The van der Waals surface area contributed by atoms with Crippen LogP contribution in [0.1, 0.15) is 30.7 Å². The Morgan fingerprint density at radius 3 is 2.90 bits per heavy atom. The summed E-state index contributed by atoms with van der Waals surface area (Å²) in [5.41, 5.74) is 7.44. The Morgan fingerprint density at radius 1 is 1.28 bits per heavy atom. The first-order valence-corrected chi connectivity index (χ1v) is 9.85. The van der Waals surface area contributed by atoms with Crippen molar-refractivity contribution < 1.29 is 19.7 Å². The minimum absolute atomic E-state index is 0.341. The summed E-state index contributed by atoms with van der Waals surface area (Å²) in [6.45, 7) is 2.34. The molecule has 2 aliphatic heterocycles. The van der Waals surface area contributed by atoms with E-state index in [1.807, 2.05) is 19.1 Å². The monoisotopic (exact) mass is 416 g/mol. The van der Waals surface area contributed by atoms with Gasteiger partial charge in [0.2, 0.25) is 0 Å². The van der Waals surface area contributed by atoms with Crippen LogP contribution in [0.5, 0.6) is 0 Å². The van der Waals surface area contributed by atoms with Crippen molar-refractivity contribution in [3.8, 4) is 0 Å². The van der Waals surface area contributed by atoms with Gasteiger partial charge in [-0.3, -0.25) is 0 Å². The van der Waals surface area contributed by atoms with Crippen molar-refractivity contribution in [2.75, 3.05) is 5.73 Å². The van der Waals surface area contributed by atoms with Crippen LogP contribution in [-0.2, 0) is 21.7 Å². The fourth-order valence-electron chi connectivity index (χ4n) is 4.58. The van der Waals surface area contributed by atoms with Crippen LogP contribution < -0.4 is 5.73 Å². The summed E-state index contributed by atoms with van der Waals surface area (Å²) in [5, 5.41) is 23.1. The fraction of sp³-hybridized carbons (Fsp3) is 0.400. The van der Waals surface area contributed by atoms with E-state index >= 15 is 0 Å². The van der Waals surface area contributed by atoms with E-state index in [1.165, 1.54) is 6.33 Å². The summed E-state index contributed by atoms with van der Waals surface area (Å²) in [5.74, 6) is 0.341. The number of hydrogen-bond donors (Lipinski definition) is 3. The lowest BCUT2D eigenvalue weighted by atomic mass is 9.82. The number of aliphatic hydroxyl groups excluding tert-OH is 2. The molecule has 1 fully saturated rings. The molecule has 5 rings (SSSR count). The molecule has 0 unspecified atom stereocenters. The standard InChI is InChI=1S/C20H21ClN4O4/c1-2-20(13-4-3-11(21)7-10(13)8-28-20)16-14(26)15(27)19(29-16)25-6-5-12-17(22)23-9-24-18(12)25/h3-7,9,14-16,19,26-27H,2,8H2,1H3,(H2,22,23,24)/t14-,15+,16-,19+,20+/m0/s1. The van der Waals surface area contributed by atoms with Crippen molar-refractivity contribution in [2.24, 2.45) is 0 Å². The van der Waals surface area contributed by atoms with Gasteiger partial charge in [0.1, 0.15) is 41.7 Å². The van der Waals surface area contributed by atoms with E-state index in [0.29, 0.717) is 34.9 Å². The van der Waals surface area contributed by atoms with Gasteiger partial charge in [0, 0.05) is 11.2 Å². The molecule has 0 bridgehead atoms. The van der Waals surface area contributed by atoms with Gasteiger partial charge >= 0.3 is 0 Å². The summed E-state index contributed by atoms with van der Waals surface area (Å²) in [6.07, 6.45) is -0.299. The quantitative estimate of drug-likeness (QED) is 0.598. The topological polar surface area (TPSA) is 116 Å². The van der Waals surface area contributed by atoms with E-state index in [0.717, 1.165) is 11.1 Å². The largest absolute Gasteiger partial charge is 0.387 e. The molecule has 3 aromatic rings. The minimum Gasteiger partial charge on any atom is -0.387 e. The number of nitrogen functional groups attached to an aromatic ring is 1. The molecule has 0 saturated carbocycles. The van der Waals surface area contributed by atoms with Gasteiger partial charge in [-0.25, -0.2) is 9.97 Å². The first-order chi connectivity index (χ1) is 14.0. The van der Waals surface area contributed by atoms with Crippen LogP contribution in [0.25, 0.3) is 11.0 Å². The molecule has 0 spiro atoms. The second kappa shape index (κ2) is 6.65. The van der Waals surface area contributed by atoms with E-state index in [2.05, 4.69) is 9.97 Å². The van der Waals surface area contributed by atoms with Gasteiger partial charge in [0.25, 0.3) is 0 Å². The molecular weight excluding hydrogens is 396 g/mol. The number of nitrogens with two attached hydrogens (primary N) is 1. The highest BCUT2D eigenvalue weighted by Crippen LogP contribution is 2.49. The number of rotatable bonds is 3. The molecule has 0 radical (unpaired) electrons. The maximum absolute atomic E-state index is 10.9. The van der Waals surface area contributed by atoms with Crippen LogP contribution in [0, 0.1) is 0 Å². The molecule has 4 heterocycles. The predicted octanol–water partition coefficient (Wildman–Crippen LogP) is 2.12. The highest BCUT2D eigenvalue weighted by molar-refractivity contribution is 6.30. The molecule has 152 valence electrons. The number of fused-ring (bicyclic) bond motifs is 2. The second-order valence-corrected chi connectivity index (χ2v) is 7.92. The van der Waals surface area contributed by atoms with Gasteiger partial charge < -0.3 is 30.0 Å². The third-order valence-electron chi connectivity index (χ3n) is 6.05. The summed E-state index contributed by atoms with van der Waals surface area (Å²) >= 11 is 6.13. The van der Waals surface area contributed by atoms with Crippen LogP contribution in [0.3, 0.4) is 0 Å². The zero-order valence-electron chi connectivity index (χ0n) is 15.7. The number of hydrogen-bond acceptors (Lipinski definition) is 7. The summed E-state index contributed by atoms with van der Waals surface area (Å²) < 4.78 is 14.1. The molecule has 9 heteroatoms. The Balaban J connectivity index is 1.56. The molecule has 5 atom stereocenters. The average molecular weight is 417 g/mol. The lowest BCUT2D eigenvalue weighted by Gasteiger charge is -2.35. The number of ether oxygens (including phenoxy) is 2. The Kier molecular flexibility index (Phi) is 4.30. The lowest BCUT2D eigenvalue weighted by molar-refractivity contribution is -0.170. The van der Waals surface area contributed by atoms with Gasteiger partial charge in [0.05, 0.1) is 12.0 Å². The van der Waals surface area contributed by atoms with Crippen molar-refractivity contribution >= 4 is 28.5 Å². The number of benzene rings is 1. The van der Waals surface area contributed by atoms with Crippen molar-refractivity contribution in [2.45, 2.75) is 50.1 Å². The number of aliphatic hydroxyl groups is 2. The van der Waals surface area contributed by atoms with Crippen molar-refractivity contribution in [1.82, 2.24) is 14.5 Å².